The molecule has 5 atom stereocenters. The number of amides is 3. The summed E-state index contributed by atoms with van der Waals surface area (Å²) >= 11 is 0. The standard InChI is InChI=1S/C26H36F2N4O5/c1-14(29-6)23(34)30-22(26(3,4)5)25(36)31-10-9-20-21(31)16(12-32(20)24(35)15(2)33)13-37-17-7-8-18(27)19(28)11-17/h7-8,11,14,16,20-22,29H,9-10,12-13H2,1-6H3,(H,30,34)/t14-,16+,20+,21+,22+/m0/s1. The van der Waals surface area contributed by atoms with Crippen LogP contribution in [-0.4, -0.2) is 84.2 Å². The molecule has 204 valence electrons. The minimum Gasteiger partial charge on any atom is -0.493 e. The second-order valence-electron chi connectivity index (χ2n) is 10.9. The molecule has 2 fully saturated rings. The lowest BCUT2D eigenvalue weighted by Crippen LogP contribution is -2.59. The summed E-state index contributed by atoms with van der Waals surface area (Å²) in [5.41, 5.74) is -0.608. The number of rotatable bonds is 8. The second-order valence-corrected chi connectivity index (χ2v) is 10.9. The van der Waals surface area contributed by atoms with Gasteiger partial charge in [-0.25, -0.2) is 8.78 Å². The Morgan fingerprint density at radius 3 is 2.38 bits per heavy atom. The molecule has 0 saturated carbocycles. The average Bonchev–Trinajstić information content (AvgIpc) is 3.41. The lowest BCUT2D eigenvalue weighted by molar-refractivity contribution is -0.144. The van der Waals surface area contributed by atoms with Gasteiger partial charge in [-0.1, -0.05) is 20.8 Å². The van der Waals surface area contributed by atoms with Crippen LogP contribution in [0.25, 0.3) is 0 Å². The molecule has 2 aliphatic rings. The number of likely N-dealkylation sites (N-methyl/N-ethyl adjacent to an activating group) is 1. The molecule has 3 rings (SSSR count). The lowest BCUT2D eigenvalue weighted by Gasteiger charge is -2.37. The van der Waals surface area contributed by atoms with Crippen molar-refractivity contribution in [1.29, 1.82) is 0 Å². The molecule has 11 heteroatoms. The summed E-state index contributed by atoms with van der Waals surface area (Å²) in [4.78, 5) is 54.3. The summed E-state index contributed by atoms with van der Waals surface area (Å²) in [6.45, 7) is 8.99. The smallest absolute Gasteiger partial charge is 0.289 e. The van der Waals surface area contributed by atoms with Gasteiger partial charge in [-0.2, -0.15) is 0 Å². The Morgan fingerprint density at radius 2 is 1.81 bits per heavy atom. The first-order valence-electron chi connectivity index (χ1n) is 12.4. The molecule has 0 spiro atoms. The van der Waals surface area contributed by atoms with Crippen LogP contribution in [0.1, 0.15) is 41.0 Å². The molecule has 37 heavy (non-hydrogen) atoms. The molecule has 1 aromatic carbocycles. The van der Waals surface area contributed by atoms with Crippen molar-refractivity contribution < 1.29 is 32.7 Å². The van der Waals surface area contributed by atoms with Gasteiger partial charge in [0.1, 0.15) is 11.8 Å². The monoisotopic (exact) mass is 522 g/mol. The van der Waals surface area contributed by atoms with Gasteiger partial charge in [-0.05, 0) is 37.9 Å². The number of carbonyl (C=O) groups is 4. The van der Waals surface area contributed by atoms with Gasteiger partial charge < -0.3 is 25.2 Å². The van der Waals surface area contributed by atoms with Crippen molar-refractivity contribution in [2.75, 3.05) is 26.7 Å². The van der Waals surface area contributed by atoms with E-state index in [1.54, 1.807) is 18.9 Å². The highest BCUT2D eigenvalue weighted by Crippen LogP contribution is 2.38. The Morgan fingerprint density at radius 1 is 1.14 bits per heavy atom. The van der Waals surface area contributed by atoms with Gasteiger partial charge in [0, 0.05) is 32.0 Å². The first-order valence-corrected chi connectivity index (χ1v) is 12.4. The number of carbonyl (C=O) groups excluding carboxylic acids is 4. The number of nitrogens with one attached hydrogen (secondary N) is 2. The number of ketones is 1. The van der Waals surface area contributed by atoms with Crippen LogP contribution in [0.5, 0.6) is 5.75 Å². The molecule has 2 saturated heterocycles. The highest BCUT2D eigenvalue weighted by Gasteiger charge is 2.54. The van der Waals surface area contributed by atoms with Gasteiger partial charge in [-0.3, -0.25) is 19.2 Å². The maximum Gasteiger partial charge on any atom is 0.289 e. The Kier molecular flexibility index (Phi) is 8.56. The van der Waals surface area contributed by atoms with Crippen molar-refractivity contribution in [2.24, 2.45) is 11.3 Å². The van der Waals surface area contributed by atoms with Crippen LogP contribution in [-0.2, 0) is 19.2 Å². The number of nitrogens with zero attached hydrogens (tertiary/aromatic N) is 2. The SMILES string of the molecule is CN[C@@H](C)C(=O)N[C@H](C(=O)N1CC[C@@H]2[C@H]1[C@@H](COc1ccc(F)c(F)c1)CN2C(=O)C(C)=O)C(C)(C)C. The van der Waals surface area contributed by atoms with Gasteiger partial charge in [0.2, 0.25) is 17.6 Å². The first-order chi connectivity index (χ1) is 17.3. The van der Waals surface area contributed by atoms with E-state index in [1.807, 2.05) is 20.8 Å². The van der Waals surface area contributed by atoms with E-state index in [9.17, 15) is 28.0 Å². The molecule has 0 radical (unpaired) electrons. The number of benzene rings is 1. The number of hydrogen-bond donors (Lipinski definition) is 2. The lowest BCUT2D eigenvalue weighted by atomic mass is 9.85. The van der Waals surface area contributed by atoms with Crippen LogP contribution in [0.2, 0.25) is 0 Å². The van der Waals surface area contributed by atoms with Gasteiger partial charge in [0.15, 0.2) is 11.6 Å². The molecule has 9 nitrogen and oxygen atoms in total. The van der Waals surface area contributed by atoms with Gasteiger partial charge in [0.05, 0.1) is 24.7 Å². The van der Waals surface area contributed by atoms with E-state index in [0.717, 1.165) is 12.1 Å². The van der Waals surface area contributed by atoms with Gasteiger partial charge in [-0.15, -0.1) is 0 Å². The third-order valence-electron chi connectivity index (χ3n) is 7.16. The topological polar surface area (TPSA) is 108 Å². The summed E-state index contributed by atoms with van der Waals surface area (Å²) < 4.78 is 32.7. The van der Waals surface area contributed by atoms with Crippen molar-refractivity contribution >= 4 is 23.5 Å². The zero-order valence-corrected chi connectivity index (χ0v) is 22.1. The predicted octanol–water partition coefficient (Wildman–Crippen LogP) is 1.50. The number of halogens is 2. The fourth-order valence-corrected chi connectivity index (χ4v) is 5.03. The quantitative estimate of drug-likeness (QED) is 0.501. The Labute approximate surface area is 215 Å². The molecule has 2 N–H and O–H groups in total. The summed E-state index contributed by atoms with van der Waals surface area (Å²) in [6.07, 6.45) is 0.467. The van der Waals surface area contributed by atoms with E-state index in [4.69, 9.17) is 4.74 Å². The van der Waals surface area contributed by atoms with E-state index >= 15 is 0 Å². The Bertz CT molecular complexity index is 1060. The number of fused-ring (bicyclic) bond motifs is 1. The second kappa shape index (κ2) is 11.1. The highest BCUT2D eigenvalue weighted by molar-refractivity contribution is 6.35. The fraction of sp³-hybridized carbons (Fsp3) is 0.615. The van der Waals surface area contributed by atoms with Crippen LogP contribution in [0.4, 0.5) is 8.78 Å². The molecule has 1 aromatic rings. The van der Waals surface area contributed by atoms with Crippen LogP contribution >= 0.6 is 0 Å². The first kappa shape index (κ1) is 28.5. The summed E-state index contributed by atoms with van der Waals surface area (Å²) in [5, 5.41) is 5.73. The fourth-order valence-electron chi connectivity index (χ4n) is 5.03. The minimum atomic E-state index is -1.05. The molecule has 3 amide bonds. The van der Waals surface area contributed by atoms with Crippen molar-refractivity contribution in [2.45, 2.75) is 65.2 Å². The van der Waals surface area contributed by atoms with Crippen molar-refractivity contribution in [1.82, 2.24) is 20.4 Å². The maximum absolute atomic E-state index is 13.9. The van der Waals surface area contributed by atoms with Crippen LogP contribution < -0.4 is 15.4 Å². The molecule has 0 aliphatic carbocycles. The minimum absolute atomic E-state index is 0.0149. The predicted molar refractivity (Wildman–Crippen MR) is 132 cm³/mol. The highest BCUT2D eigenvalue weighted by atomic mass is 19.2. The molecular formula is C26H36F2N4O5. The molecule has 0 unspecified atom stereocenters. The molecule has 0 bridgehead atoms. The summed E-state index contributed by atoms with van der Waals surface area (Å²) in [7, 11) is 1.65. The molecule has 0 aromatic heterocycles. The third kappa shape index (κ3) is 6.08. The van der Waals surface area contributed by atoms with Crippen LogP contribution in [0, 0.1) is 23.0 Å². The molecule has 2 heterocycles. The third-order valence-corrected chi connectivity index (χ3v) is 7.16. The Hall–Kier alpha value is -3.08. The van der Waals surface area contributed by atoms with E-state index < -0.39 is 52.9 Å². The van der Waals surface area contributed by atoms with Crippen LogP contribution in [0.15, 0.2) is 18.2 Å². The van der Waals surface area contributed by atoms with Gasteiger partial charge >= 0.3 is 0 Å². The number of Topliss-reactive ketones (excluding diaryl/α,β-unsaturated/α-hetero) is 1. The van der Waals surface area contributed by atoms with Crippen molar-refractivity contribution in [3.63, 3.8) is 0 Å². The number of likely N-dealkylation sites (tertiary alicyclic amines) is 2. The largest absolute Gasteiger partial charge is 0.493 e. The zero-order chi connectivity index (χ0) is 27.7. The van der Waals surface area contributed by atoms with Crippen molar-refractivity contribution in [3.8, 4) is 5.75 Å². The zero-order valence-electron chi connectivity index (χ0n) is 22.1. The maximum atomic E-state index is 13.9. The average molecular weight is 523 g/mol. The normalized spacial score (nSPS) is 22.9. The van der Waals surface area contributed by atoms with E-state index in [1.165, 1.54) is 17.9 Å². The van der Waals surface area contributed by atoms with Crippen molar-refractivity contribution in [3.05, 3.63) is 29.8 Å². The molecule has 2 aliphatic heterocycles. The number of ether oxygens (including phenoxy) is 1. The summed E-state index contributed by atoms with van der Waals surface area (Å²) in [6, 6.07) is 0.996. The Balaban J connectivity index is 1.87. The van der Waals surface area contributed by atoms with E-state index in [0.29, 0.717) is 13.0 Å². The van der Waals surface area contributed by atoms with Crippen LogP contribution in [0.3, 0.4) is 0 Å². The molecular weight excluding hydrogens is 486 g/mol. The summed E-state index contributed by atoms with van der Waals surface area (Å²) in [5.74, 6) is -4.16. The van der Waals surface area contributed by atoms with Gasteiger partial charge in [0.25, 0.3) is 5.91 Å². The van der Waals surface area contributed by atoms with E-state index in [-0.39, 0.29) is 36.6 Å². The number of hydrogen-bond acceptors (Lipinski definition) is 6. The van der Waals surface area contributed by atoms with E-state index in [2.05, 4.69) is 10.6 Å².